The highest BCUT2D eigenvalue weighted by Gasteiger charge is 2.26. The molecule has 1 unspecified atom stereocenters. The zero-order valence-corrected chi connectivity index (χ0v) is 16.1. The lowest BCUT2D eigenvalue weighted by molar-refractivity contribution is 0.0802. The van der Waals surface area contributed by atoms with E-state index >= 15 is 0 Å². The Kier molecular flexibility index (Phi) is 5.92. The summed E-state index contributed by atoms with van der Waals surface area (Å²) in [6.45, 7) is 11.1. The Bertz CT molecular complexity index is 589. The van der Waals surface area contributed by atoms with Crippen LogP contribution in [0, 0.1) is 0 Å². The quantitative estimate of drug-likeness (QED) is 0.627. The molecule has 1 aromatic carbocycles. The number of allylic oxidation sites excluding steroid dienone is 2. The van der Waals surface area contributed by atoms with Crippen molar-refractivity contribution >= 4 is 0 Å². The summed E-state index contributed by atoms with van der Waals surface area (Å²) in [4.78, 5) is 0. The van der Waals surface area contributed by atoms with Crippen molar-refractivity contribution in [1.29, 1.82) is 0 Å². The van der Waals surface area contributed by atoms with E-state index in [0.29, 0.717) is 0 Å². The molecular formula is C22H32O2. The highest BCUT2D eigenvalue weighted by molar-refractivity contribution is 5.43. The van der Waals surface area contributed by atoms with Crippen molar-refractivity contribution in [2.75, 3.05) is 7.11 Å². The third kappa shape index (κ3) is 4.10. The molecule has 0 bridgehead atoms. The summed E-state index contributed by atoms with van der Waals surface area (Å²) < 4.78 is 11.6. The Hall–Kier alpha value is -1.54. The maximum atomic E-state index is 6.20. The van der Waals surface area contributed by atoms with Gasteiger partial charge in [0.2, 0.25) is 0 Å². The Morgan fingerprint density at radius 1 is 1.04 bits per heavy atom. The minimum Gasteiger partial charge on any atom is -0.488 e. The van der Waals surface area contributed by atoms with Crippen LogP contribution >= 0.6 is 0 Å². The molecule has 1 aliphatic rings. The summed E-state index contributed by atoms with van der Waals surface area (Å²) in [7, 11) is 1.76. The van der Waals surface area contributed by atoms with Crippen LogP contribution < -0.4 is 4.74 Å². The first kappa shape index (κ1) is 18.8. The van der Waals surface area contributed by atoms with E-state index in [-0.39, 0.29) is 17.1 Å². The fraction of sp³-hybridized carbons (Fsp3) is 0.545. The average Bonchev–Trinajstić information content (AvgIpc) is 2.62. The summed E-state index contributed by atoms with van der Waals surface area (Å²) in [6.07, 6.45) is 9.82. The molecule has 0 saturated carbocycles. The molecule has 1 atom stereocenters. The maximum Gasteiger partial charge on any atom is 0.120 e. The van der Waals surface area contributed by atoms with Crippen LogP contribution in [0.3, 0.4) is 0 Å². The molecule has 0 saturated heterocycles. The molecule has 0 amide bonds. The van der Waals surface area contributed by atoms with Crippen LogP contribution in [0.1, 0.15) is 59.4 Å². The summed E-state index contributed by atoms with van der Waals surface area (Å²) in [5.74, 6) is 0.952. The molecular weight excluding hydrogens is 296 g/mol. The van der Waals surface area contributed by atoms with E-state index in [9.17, 15) is 0 Å². The number of benzene rings is 1. The second-order valence-corrected chi connectivity index (χ2v) is 7.44. The topological polar surface area (TPSA) is 18.5 Å². The number of ether oxygens (including phenoxy) is 2. The maximum absolute atomic E-state index is 6.20. The highest BCUT2D eigenvalue weighted by Crippen LogP contribution is 2.36. The Balaban J connectivity index is 2.15. The Morgan fingerprint density at radius 3 is 2.12 bits per heavy atom. The number of rotatable bonds is 7. The first-order chi connectivity index (χ1) is 11.3. The average molecular weight is 328 g/mol. The minimum absolute atomic E-state index is 0.0213. The van der Waals surface area contributed by atoms with Crippen LogP contribution in [0.4, 0.5) is 0 Å². The standard InChI is InChI=1S/C22H32O2/c1-7-22(5,8-2)24-20-15-11-18(12-16-20)21(3,4)17-9-13-19(23-6)14-10-17/h9-13,15-16,19H,7-8,14H2,1-6H3. The fourth-order valence-corrected chi connectivity index (χ4v) is 3.02. The molecule has 0 fully saturated rings. The van der Waals surface area contributed by atoms with Crippen molar-refractivity contribution in [3.8, 4) is 5.75 Å². The van der Waals surface area contributed by atoms with E-state index < -0.39 is 0 Å². The molecule has 0 aliphatic heterocycles. The van der Waals surface area contributed by atoms with Gasteiger partial charge < -0.3 is 9.47 Å². The number of methoxy groups -OCH3 is 1. The lowest BCUT2D eigenvalue weighted by Gasteiger charge is -2.31. The summed E-state index contributed by atoms with van der Waals surface area (Å²) in [6, 6.07) is 8.59. The van der Waals surface area contributed by atoms with E-state index in [2.05, 4.69) is 77.1 Å². The molecule has 1 aromatic rings. The van der Waals surface area contributed by atoms with Gasteiger partial charge in [-0.15, -0.1) is 0 Å². The fourth-order valence-electron chi connectivity index (χ4n) is 3.02. The third-order valence-corrected chi connectivity index (χ3v) is 5.52. The molecule has 2 rings (SSSR count). The lowest BCUT2D eigenvalue weighted by Crippen LogP contribution is -2.30. The highest BCUT2D eigenvalue weighted by atomic mass is 16.5. The number of hydrogen-bond donors (Lipinski definition) is 0. The largest absolute Gasteiger partial charge is 0.488 e. The van der Waals surface area contributed by atoms with E-state index in [1.807, 2.05) is 0 Å². The van der Waals surface area contributed by atoms with Gasteiger partial charge >= 0.3 is 0 Å². The van der Waals surface area contributed by atoms with E-state index in [0.717, 1.165) is 25.0 Å². The van der Waals surface area contributed by atoms with Crippen LogP contribution in [0.25, 0.3) is 0 Å². The van der Waals surface area contributed by atoms with E-state index in [4.69, 9.17) is 9.47 Å². The predicted molar refractivity (Wildman–Crippen MR) is 102 cm³/mol. The van der Waals surface area contributed by atoms with Gasteiger partial charge in [-0.3, -0.25) is 0 Å². The molecule has 0 heterocycles. The van der Waals surface area contributed by atoms with E-state index in [1.165, 1.54) is 11.1 Å². The van der Waals surface area contributed by atoms with Crippen LogP contribution in [-0.4, -0.2) is 18.8 Å². The van der Waals surface area contributed by atoms with Gasteiger partial charge in [-0.25, -0.2) is 0 Å². The molecule has 132 valence electrons. The van der Waals surface area contributed by atoms with Gasteiger partial charge in [0.1, 0.15) is 11.4 Å². The van der Waals surface area contributed by atoms with Gasteiger partial charge in [0, 0.05) is 12.5 Å². The first-order valence-corrected chi connectivity index (χ1v) is 9.06. The van der Waals surface area contributed by atoms with Crippen molar-refractivity contribution in [1.82, 2.24) is 0 Å². The molecule has 0 N–H and O–H groups in total. The molecule has 1 aliphatic carbocycles. The first-order valence-electron chi connectivity index (χ1n) is 9.06. The van der Waals surface area contributed by atoms with Crippen molar-refractivity contribution in [3.05, 3.63) is 53.6 Å². The Labute approximate surface area is 147 Å². The molecule has 2 nitrogen and oxygen atoms in total. The summed E-state index contributed by atoms with van der Waals surface area (Å²) in [5.41, 5.74) is 2.54. The summed E-state index contributed by atoms with van der Waals surface area (Å²) >= 11 is 0. The molecule has 0 spiro atoms. The normalized spacial score (nSPS) is 18.4. The second kappa shape index (κ2) is 7.57. The minimum atomic E-state index is -0.0825. The van der Waals surface area contributed by atoms with Gasteiger partial charge in [0.05, 0.1) is 6.10 Å². The molecule has 0 radical (unpaired) electrons. The molecule has 24 heavy (non-hydrogen) atoms. The van der Waals surface area contributed by atoms with Gasteiger partial charge in [-0.05, 0) is 49.5 Å². The van der Waals surface area contributed by atoms with Crippen molar-refractivity contribution in [3.63, 3.8) is 0 Å². The smallest absolute Gasteiger partial charge is 0.120 e. The zero-order valence-electron chi connectivity index (χ0n) is 16.1. The van der Waals surface area contributed by atoms with Gasteiger partial charge in [-0.2, -0.15) is 0 Å². The van der Waals surface area contributed by atoms with Crippen LogP contribution in [-0.2, 0) is 10.2 Å². The van der Waals surface area contributed by atoms with Crippen molar-refractivity contribution in [2.24, 2.45) is 0 Å². The Morgan fingerprint density at radius 2 is 1.67 bits per heavy atom. The van der Waals surface area contributed by atoms with Gasteiger partial charge in [-0.1, -0.05) is 58.1 Å². The van der Waals surface area contributed by atoms with Crippen LogP contribution in [0.15, 0.2) is 48.1 Å². The van der Waals surface area contributed by atoms with Crippen LogP contribution in [0.5, 0.6) is 5.75 Å². The van der Waals surface area contributed by atoms with E-state index in [1.54, 1.807) is 7.11 Å². The summed E-state index contributed by atoms with van der Waals surface area (Å²) in [5, 5.41) is 0. The molecule has 0 aromatic heterocycles. The van der Waals surface area contributed by atoms with Crippen LogP contribution in [0.2, 0.25) is 0 Å². The predicted octanol–water partition coefficient (Wildman–Crippen LogP) is 5.82. The number of hydrogen-bond acceptors (Lipinski definition) is 2. The second-order valence-electron chi connectivity index (χ2n) is 7.44. The van der Waals surface area contributed by atoms with Crippen molar-refractivity contribution < 1.29 is 9.47 Å². The zero-order chi connectivity index (χ0) is 17.8. The third-order valence-electron chi connectivity index (χ3n) is 5.52. The lowest BCUT2D eigenvalue weighted by atomic mass is 9.75. The van der Waals surface area contributed by atoms with Gasteiger partial charge in [0.15, 0.2) is 0 Å². The SMILES string of the molecule is CCC(C)(CC)Oc1ccc(C(C)(C)C2=CCC(OC)C=C2)cc1. The molecule has 2 heteroatoms. The van der Waals surface area contributed by atoms with Crippen molar-refractivity contribution in [2.45, 2.75) is 71.0 Å². The monoisotopic (exact) mass is 328 g/mol. The van der Waals surface area contributed by atoms with Gasteiger partial charge in [0.25, 0.3) is 0 Å².